The van der Waals surface area contributed by atoms with E-state index in [9.17, 15) is 23.2 Å². The third-order valence-corrected chi connectivity index (χ3v) is 4.82. The molecule has 0 unspecified atom stereocenters. The Bertz CT molecular complexity index is 1510. The first-order valence-corrected chi connectivity index (χ1v) is 9.47. The Morgan fingerprint density at radius 1 is 1.09 bits per heavy atom. The molecule has 0 aliphatic carbocycles. The minimum Gasteiger partial charge on any atom is -0.382 e. The number of aromatic nitrogens is 4. The quantitative estimate of drug-likeness (QED) is 0.428. The SMILES string of the molecule is C[C@H](Nc1nc(N)nc(N)c1C#N)c1nc2c(F)ccc(F)c2c(=O)n1-c1cccc(F)c1. The fraction of sp³-hybridized carbons (Fsp3) is 0.0952. The predicted molar refractivity (Wildman–Crippen MR) is 115 cm³/mol. The summed E-state index contributed by atoms with van der Waals surface area (Å²) in [6, 6.07) is 7.53. The number of nitrogens with two attached hydrogens (primary N) is 2. The zero-order chi connectivity index (χ0) is 23.9. The maximum atomic E-state index is 14.5. The van der Waals surface area contributed by atoms with Crippen molar-refractivity contribution in [1.82, 2.24) is 19.5 Å². The van der Waals surface area contributed by atoms with E-state index >= 15 is 0 Å². The van der Waals surface area contributed by atoms with Gasteiger partial charge in [0.2, 0.25) is 5.95 Å². The van der Waals surface area contributed by atoms with E-state index in [0.717, 1.165) is 28.8 Å². The number of anilines is 3. The van der Waals surface area contributed by atoms with Crippen LogP contribution in [0.25, 0.3) is 16.6 Å². The Kier molecular flexibility index (Phi) is 5.31. The number of nitrogens with zero attached hydrogens (tertiary/aromatic N) is 5. The summed E-state index contributed by atoms with van der Waals surface area (Å²) in [6.45, 7) is 1.52. The van der Waals surface area contributed by atoms with E-state index in [1.54, 1.807) is 0 Å². The van der Waals surface area contributed by atoms with E-state index in [2.05, 4.69) is 20.3 Å². The van der Waals surface area contributed by atoms with Gasteiger partial charge in [-0.15, -0.1) is 0 Å². The first-order valence-electron chi connectivity index (χ1n) is 9.47. The molecular weight excluding hydrogens is 437 g/mol. The van der Waals surface area contributed by atoms with Gasteiger partial charge >= 0.3 is 0 Å². The molecule has 2 aromatic heterocycles. The molecule has 9 nitrogen and oxygen atoms in total. The third kappa shape index (κ3) is 3.76. The molecule has 33 heavy (non-hydrogen) atoms. The number of rotatable bonds is 4. The molecule has 2 heterocycles. The molecule has 0 aliphatic heterocycles. The monoisotopic (exact) mass is 452 g/mol. The number of fused-ring (bicyclic) bond motifs is 1. The number of halogens is 3. The first kappa shape index (κ1) is 21.6. The van der Waals surface area contributed by atoms with Crippen molar-refractivity contribution in [2.75, 3.05) is 16.8 Å². The van der Waals surface area contributed by atoms with Gasteiger partial charge in [-0.25, -0.2) is 18.2 Å². The van der Waals surface area contributed by atoms with Gasteiger partial charge in [-0.05, 0) is 37.3 Å². The summed E-state index contributed by atoms with van der Waals surface area (Å²) in [5, 5.41) is 11.6. The number of nitrogen functional groups attached to an aromatic ring is 2. The van der Waals surface area contributed by atoms with Crippen LogP contribution in [-0.4, -0.2) is 19.5 Å². The van der Waals surface area contributed by atoms with Gasteiger partial charge in [0.15, 0.2) is 5.82 Å². The van der Waals surface area contributed by atoms with Crippen LogP contribution in [-0.2, 0) is 0 Å². The molecule has 0 fully saturated rings. The van der Waals surface area contributed by atoms with Crippen molar-refractivity contribution < 1.29 is 13.2 Å². The molecule has 166 valence electrons. The molecule has 4 aromatic rings. The second kappa shape index (κ2) is 8.12. The van der Waals surface area contributed by atoms with Gasteiger partial charge in [0.05, 0.1) is 11.7 Å². The second-order valence-electron chi connectivity index (χ2n) is 7.01. The van der Waals surface area contributed by atoms with Crippen molar-refractivity contribution in [3.05, 3.63) is 75.6 Å². The van der Waals surface area contributed by atoms with Crippen LogP contribution in [0.5, 0.6) is 0 Å². The Labute approximate surface area is 184 Å². The number of nitrogens with one attached hydrogen (secondary N) is 1. The molecule has 4 rings (SSSR count). The van der Waals surface area contributed by atoms with Crippen molar-refractivity contribution >= 4 is 28.5 Å². The topological polar surface area (TPSA) is 149 Å². The molecule has 1 atom stereocenters. The van der Waals surface area contributed by atoms with E-state index < -0.39 is 40.0 Å². The summed E-state index contributed by atoms with van der Waals surface area (Å²) in [5.41, 5.74) is 9.80. The summed E-state index contributed by atoms with van der Waals surface area (Å²) in [6.07, 6.45) is 0. The van der Waals surface area contributed by atoms with Crippen LogP contribution in [0.15, 0.2) is 41.2 Å². The first-order chi connectivity index (χ1) is 15.7. The van der Waals surface area contributed by atoms with Crippen molar-refractivity contribution in [3.63, 3.8) is 0 Å². The number of benzene rings is 2. The predicted octanol–water partition coefficient (Wildman–Crippen LogP) is 2.80. The Morgan fingerprint density at radius 2 is 1.82 bits per heavy atom. The lowest BCUT2D eigenvalue weighted by atomic mass is 10.1. The highest BCUT2D eigenvalue weighted by atomic mass is 19.1. The summed E-state index contributed by atoms with van der Waals surface area (Å²) in [7, 11) is 0. The van der Waals surface area contributed by atoms with Gasteiger partial charge in [-0.1, -0.05) is 6.07 Å². The number of nitriles is 1. The number of hydrogen-bond donors (Lipinski definition) is 3. The van der Waals surface area contributed by atoms with Crippen molar-refractivity contribution in [1.29, 1.82) is 5.26 Å². The average Bonchev–Trinajstić information content (AvgIpc) is 2.75. The van der Waals surface area contributed by atoms with Crippen LogP contribution in [0, 0.1) is 28.8 Å². The van der Waals surface area contributed by atoms with Gasteiger partial charge < -0.3 is 16.8 Å². The Balaban J connectivity index is 1.99. The van der Waals surface area contributed by atoms with Crippen molar-refractivity contribution in [2.24, 2.45) is 0 Å². The zero-order valence-corrected chi connectivity index (χ0v) is 17.0. The largest absolute Gasteiger partial charge is 0.382 e. The van der Waals surface area contributed by atoms with Crippen LogP contribution in [0.3, 0.4) is 0 Å². The lowest BCUT2D eigenvalue weighted by Gasteiger charge is -2.21. The molecule has 5 N–H and O–H groups in total. The van der Waals surface area contributed by atoms with Gasteiger partial charge in [-0.2, -0.15) is 15.2 Å². The summed E-state index contributed by atoms with van der Waals surface area (Å²) < 4.78 is 43.9. The maximum Gasteiger partial charge on any atom is 0.269 e. The standard InChI is InChI=1S/C21H15F3N8O/c1-9(28-18-12(8-25)17(26)30-21(27)31-18)19-29-16-14(24)6-5-13(23)15(16)20(33)32(19)11-4-2-3-10(22)7-11/h2-7,9H,1H3,(H5,26,27,28,30,31)/t9-/m0/s1. The second-order valence-corrected chi connectivity index (χ2v) is 7.01. The van der Waals surface area contributed by atoms with E-state index in [0.29, 0.717) is 0 Å². The molecule has 12 heteroatoms. The fourth-order valence-electron chi connectivity index (χ4n) is 3.37. The fourth-order valence-corrected chi connectivity index (χ4v) is 3.37. The highest BCUT2D eigenvalue weighted by Gasteiger charge is 2.23. The van der Waals surface area contributed by atoms with Crippen LogP contribution >= 0.6 is 0 Å². The smallest absolute Gasteiger partial charge is 0.269 e. The van der Waals surface area contributed by atoms with Crippen LogP contribution in [0.2, 0.25) is 0 Å². The van der Waals surface area contributed by atoms with E-state index in [1.807, 2.05) is 6.07 Å². The van der Waals surface area contributed by atoms with Crippen molar-refractivity contribution in [3.8, 4) is 11.8 Å². The average molecular weight is 452 g/mol. The minimum atomic E-state index is -0.982. The van der Waals surface area contributed by atoms with Crippen LogP contribution in [0.1, 0.15) is 24.4 Å². The number of hydrogen-bond acceptors (Lipinski definition) is 8. The molecule has 0 aliphatic rings. The summed E-state index contributed by atoms with van der Waals surface area (Å²) in [5.74, 6) is -3.13. The van der Waals surface area contributed by atoms with Crippen LogP contribution in [0.4, 0.5) is 30.8 Å². The lowest BCUT2D eigenvalue weighted by molar-refractivity contribution is 0.607. The molecule has 2 aromatic carbocycles. The molecule has 0 saturated carbocycles. The molecule has 0 radical (unpaired) electrons. The van der Waals surface area contributed by atoms with Crippen molar-refractivity contribution in [2.45, 2.75) is 13.0 Å². The Morgan fingerprint density at radius 3 is 2.52 bits per heavy atom. The minimum absolute atomic E-state index is 0.0314. The van der Waals surface area contributed by atoms with Gasteiger partial charge in [0.25, 0.3) is 5.56 Å². The van der Waals surface area contributed by atoms with Gasteiger partial charge in [-0.3, -0.25) is 9.36 Å². The lowest BCUT2D eigenvalue weighted by Crippen LogP contribution is -2.28. The van der Waals surface area contributed by atoms with E-state index in [1.165, 1.54) is 19.1 Å². The Hall–Kier alpha value is -4.66. The molecule has 0 bridgehead atoms. The summed E-state index contributed by atoms with van der Waals surface area (Å²) >= 11 is 0. The van der Waals surface area contributed by atoms with E-state index in [4.69, 9.17) is 11.5 Å². The highest BCUT2D eigenvalue weighted by Crippen LogP contribution is 2.26. The molecular formula is C21H15F3N8O. The molecule has 0 amide bonds. The summed E-state index contributed by atoms with van der Waals surface area (Å²) in [4.78, 5) is 25.1. The third-order valence-electron chi connectivity index (χ3n) is 4.82. The van der Waals surface area contributed by atoms with Crippen LogP contribution < -0.4 is 22.3 Å². The van der Waals surface area contributed by atoms with Gasteiger partial charge in [0.1, 0.15) is 51.6 Å². The zero-order valence-electron chi connectivity index (χ0n) is 17.0. The highest BCUT2D eigenvalue weighted by molar-refractivity contribution is 5.79. The molecule has 0 spiro atoms. The maximum absolute atomic E-state index is 14.5. The van der Waals surface area contributed by atoms with Gasteiger partial charge in [0, 0.05) is 0 Å². The molecule has 0 saturated heterocycles. The van der Waals surface area contributed by atoms with E-state index in [-0.39, 0.29) is 34.7 Å². The normalized spacial score (nSPS) is 11.8.